The molecule has 0 unspecified atom stereocenters. The summed E-state index contributed by atoms with van der Waals surface area (Å²) in [7, 11) is -4.34. The fourth-order valence-electron chi connectivity index (χ4n) is 18.2. The molecule has 0 fully saturated rings. The molecule has 25 heteroatoms. The summed E-state index contributed by atoms with van der Waals surface area (Å²) in [4.78, 5) is 92.0. The van der Waals surface area contributed by atoms with Crippen molar-refractivity contribution in [2.45, 2.75) is 403 Å². The molecule has 0 bridgehead atoms. The van der Waals surface area contributed by atoms with Crippen LogP contribution < -0.4 is 37.9 Å². The number of rotatable bonds is 49. The van der Waals surface area contributed by atoms with E-state index in [9.17, 15) is 33.6 Å². The second-order valence-electron chi connectivity index (χ2n) is 42.8. The van der Waals surface area contributed by atoms with Crippen LogP contribution in [-0.4, -0.2) is 135 Å². The van der Waals surface area contributed by atoms with Gasteiger partial charge in [0.25, 0.3) is 0 Å². The van der Waals surface area contributed by atoms with Crippen LogP contribution in [0.3, 0.4) is 0 Å². The number of unbranched alkanes of at least 4 members (excludes halogenated alkanes) is 8. The van der Waals surface area contributed by atoms with Crippen molar-refractivity contribution in [2.75, 3.05) is 66.1 Å². The molecule has 0 radical (unpaired) electrons. The average molecular weight is 2100 g/mol. The monoisotopic (exact) mass is 2100 g/mol. The molecule has 149 heavy (non-hydrogen) atoms. The lowest BCUT2D eigenvalue weighted by Crippen LogP contribution is -2.42. The lowest BCUT2D eigenvalue weighted by atomic mass is 9.73. The van der Waals surface area contributed by atoms with E-state index < -0.39 is 52.8 Å². The van der Waals surface area contributed by atoms with Crippen LogP contribution in [0.4, 0.5) is 9.59 Å². The first-order valence-electron chi connectivity index (χ1n) is 53.2. The van der Waals surface area contributed by atoms with E-state index in [1.165, 1.54) is 36.1 Å². The second kappa shape index (κ2) is 67.9. The van der Waals surface area contributed by atoms with Gasteiger partial charge in [-0.2, -0.15) is 10.5 Å². The van der Waals surface area contributed by atoms with Gasteiger partial charge in [-0.1, -0.05) is 268 Å². The maximum absolute atomic E-state index is 13.4. The molecule has 4 aromatic rings. The number of hydrogen-bond donors (Lipinski definition) is 0. The normalized spacial score (nSPS) is 17.3. The van der Waals surface area contributed by atoms with Crippen LogP contribution >= 0.6 is 0 Å². The molecular weight excluding hydrogens is 1910 g/mol. The van der Waals surface area contributed by atoms with Crippen LogP contribution in [0.2, 0.25) is 36.3 Å². The van der Waals surface area contributed by atoms with Crippen LogP contribution in [0.25, 0.3) is 0 Å². The second-order valence-corrected chi connectivity index (χ2v) is 52.4. The molecule has 0 saturated heterocycles. The van der Waals surface area contributed by atoms with Gasteiger partial charge in [-0.3, -0.25) is 24.2 Å². The largest absolute Gasteiger partial charge is 0.515 e. The molecule has 0 heterocycles. The quantitative estimate of drug-likeness (QED) is 0.00457. The third kappa shape index (κ3) is 44.2. The number of ether oxygens (including phenoxy) is 10. The number of aryl methyl sites for hydroxylation is 4. The first-order valence-corrected chi connectivity index (χ1v) is 59.0. The van der Waals surface area contributed by atoms with Crippen LogP contribution in [0.5, 0.6) is 46.0 Å². The number of nitriles is 2. The molecule has 0 aliphatic heterocycles. The standard InChI is InChI=1S/C37H62O6Si2.C33H52N2O6.C25H32N2O2.C25H32O5.4CH4/c1-15-16-17-18-28-22-31(42-33(38)24-40-44(11,12)36(5,6)7)35(30-21-27(4)19-20-29(30)26(2)3)32(23-28)43-34(39)25-41-45(13,14)37(8,9)10;1-9-14-15-16-26-20-29(40-32(36)38-22-34(10-2)11-3)31(28-19-25(8)17-18-27(28)24(6)7)30(21-26)41-33(37)39-23-35(12-4)13-5;1-5-6-7-8-20-16-23(28-13-11-26)25(24(17-20)29-14-12-27)22-15-19(4)9-10-21(22)18(2)3;1-6-7-8-9-20-13-23(29-18(4)27)25(24(14-20)30-19(5)28)22-12-16(2)10-11-21(22)17(3)15-26;;;;/h21-23,29-30H,2,15-20,24-25H2,1,3-14H3;19-21,27-28H,6,9-18,22-23H2,1-5,7-8H3;15-17,21-22H,2,5-10,13-14H2,1,3-4H3;12-15,21-22H,3,6-11H2,1-2,4-5H3;4*1H4/t29-,30+;27-,28+;2*21-,22+;;;;/m0000..../s1. The van der Waals surface area contributed by atoms with Gasteiger partial charge in [-0.15, -0.1) is 0 Å². The highest BCUT2D eigenvalue weighted by atomic mass is 28.4. The Bertz CT molecular complexity index is 5020. The van der Waals surface area contributed by atoms with Crippen molar-refractivity contribution in [2.24, 2.45) is 23.7 Å². The Morgan fingerprint density at radius 3 is 0.859 bits per heavy atom. The minimum atomic E-state index is -2.17. The number of aldehydes is 1. The van der Waals surface area contributed by atoms with Gasteiger partial charge in [0.05, 0.1) is 0 Å². The zero-order valence-corrected chi connectivity index (χ0v) is 95.5. The smallest absolute Gasteiger partial charge is 0.478 e. The van der Waals surface area contributed by atoms with Crippen LogP contribution in [0.1, 0.15) is 386 Å². The molecule has 0 N–H and O–H groups in total. The Morgan fingerprint density at radius 1 is 0.383 bits per heavy atom. The summed E-state index contributed by atoms with van der Waals surface area (Å²) in [5, 5.41) is 18.1. The number of carbonyl (C=O) groups is 7. The van der Waals surface area contributed by atoms with Crippen molar-refractivity contribution in [3.63, 3.8) is 0 Å². The van der Waals surface area contributed by atoms with Gasteiger partial charge >= 0.3 is 36.2 Å². The maximum Gasteiger partial charge on any atom is 0.515 e. The van der Waals surface area contributed by atoms with Gasteiger partial charge in [-0.05, 0) is 314 Å². The van der Waals surface area contributed by atoms with E-state index in [1.54, 1.807) is 0 Å². The molecule has 0 saturated carbocycles. The van der Waals surface area contributed by atoms with Crippen molar-refractivity contribution in [3.05, 3.63) is 188 Å². The lowest BCUT2D eigenvalue weighted by molar-refractivity contribution is -0.137. The zero-order valence-electron chi connectivity index (χ0n) is 93.5. The summed E-state index contributed by atoms with van der Waals surface area (Å²) in [6, 6.07) is 19.7. The highest BCUT2D eigenvalue weighted by Gasteiger charge is 2.43. The van der Waals surface area contributed by atoms with E-state index in [0.717, 1.165) is 231 Å². The van der Waals surface area contributed by atoms with Gasteiger partial charge in [0, 0.05) is 59.8 Å². The molecule has 0 amide bonds. The van der Waals surface area contributed by atoms with Crippen LogP contribution in [0, 0.1) is 46.3 Å². The van der Waals surface area contributed by atoms with Gasteiger partial charge in [0.2, 0.25) is 0 Å². The number of esters is 4. The Labute approximate surface area is 902 Å². The molecule has 8 atom stereocenters. The van der Waals surface area contributed by atoms with Crippen molar-refractivity contribution >= 4 is 59.1 Å². The molecule has 832 valence electrons. The summed E-state index contributed by atoms with van der Waals surface area (Å²) < 4.78 is 70.5. The Balaban J connectivity index is 0.000001000. The van der Waals surface area contributed by atoms with Crippen molar-refractivity contribution in [1.82, 2.24) is 9.80 Å². The van der Waals surface area contributed by atoms with E-state index in [2.05, 4.69) is 198 Å². The number of benzene rings is 4. The maximum atomic E-state index is 13.4. The first-order chi connectivity index (χ1) is 68.5. The Kier molecular flexibility index (Phi) is 62.3. The Morgan fingerprint density at radius 2 is 0.624 bits per heavy atom. The summed E-state index contributed by atoms with van der Waals surface area (Å²) in [6.07, 6.45) is 31.4. The zero-order chi connectivity index (χ0) is 108. The minimum absolute atomic E-state index is 0. The van der Waals surface area contributed by atoms with Crippen LogP contribution in [-0.2, 0) is 68.0 Å². The third-order valence-corrected chi connectivity index (χ3v) is 37.9. The van der Waals surface area contributed by atoms with Gasteiger partial charge in [0.1, 0.15) is 91.1 Å². The fraction of sp³-hybridized carbons (Fsp3) is 0.605. The predicted octanol–water partition coefficient (Wildman–Crippen LogP) is 32.6. The van der Waals surface area contributed by atoms with E-state index in [1.807, 2.05) is 94.7 Å². The molecule has 0 spiro atoms. The third-order valence-electron chi connectivity index (χ3n) is 28.9. The van der Waals surface area contributed by atoms with E-state index in [0.29, 0.717) is 68.3 Å². The summed E-state index contributed by atoms with van der Waals surface area (Å²) in [5.74, 6) is 1.67. The minimum Gasteiger partial charge on any atom is -0.478 e. The van der Waals surface area contributed by atoms with Crippen molar-refractivity contribution in [1.29, 1.82) is 10.5 Å². The first kappa shape index (κ1) is 137. The van der Waals surface area contributed by atoms with Crippen LogP contribution in [0.15, 0.2) is 144 Å². The highest BCUT2D eigenvalue weighted by molar-refractivity contribution is 6.74. The van der Waals surface area contributed by atoms with Crippen molar-refractivity contribution < 1.29 is 89.8 Å². The number of carbonyl (C=O) groups excluding carboxylic acids is 7. The van der Waals surface area contributed by atoms with E-state index in [4.69, 9.17) is 66.7 Å². The molecule has 4 aliphatic carbocycles. The topological polar surface area (TPSA) is 284 Å². The summed E-state index contributed by atoms with van der Waals surface area (Å²) in [5.41, 5.74) is 15.5. The predicted molar refractivity (Wildman–Crippen MR) is 614 cm³/mol. The van der Waals surface area contributed by atoms with E-state index >= 15 is 0 Å². The van der Waals surface area contributed by atoms with E-state index in [-0.39, 0.29) is 127 Å². The van der Waals surface area contributed by atoms with Crippen molar-refractivity contribution in [3.8, 4) is 58.1 Å². The molecule has 4 aromatic carbocycles. The SMILES string of the molecule is C.C.C.C.C=C(C)[C@@H]1CCC(C)=C[C@H]1c1c(OC(=O)CO[Si](C)(C)C(C)(C)C)cc(CCCCC)cc1OC(=O)CO[Si](C)(C)C(C)(C)C.C=C(C)[C@@H]1CCC(C)=C[C@H]1c1c(OC(=O)OCN(CC)CC)cc(CCCCC)cc1OC(=O)OCN(CC)CC.C=C(C)[C@@H]1CCC(C)=C[C@H]1c1c(OCC#N)cc(CCCCC)cc1OCC#N.C=C(C=O)[C@@H]1CCC(C)=C[C@H]1c1c(OC(C)=O)cc(CCCCC)cc1OC(C)=O. The molecule has 23 nitrogen and oxygen atoms in total. The van der Waals surface area contributed by atoms with Gasteiger partial charge in [0.15, 0.2) is 29.8 Å². The molecule has 8 rings (SSSR count). The van der Waals surface area contributed by atoms with Gasteiger partial charge in [-0.25, -0.2) is 19.2 Å². The van der Waals surface area contributed by atoms with Gasteiger partial charge < -0.3 is 56.2 Å². The summed E-state index contributed by atoms with van der Waals surface area (Å²) >= 11 is 0. The number of nitrogens with zero attached hydrogens (tertiary/aromatic N) is 4. The highest BCUT2D eigenvalue weighted by Crippen LogP contribution is 2.54. The summed E-state index contributed by atoms with van der Waals surface area (Å²) in [6.45, 7) is 75.0. The Hall–Kier alpha value is -10.3. The fourth-order valence-corrected chi connectivity index (χ4v) is 20.1. The molecule has 0 aromatic heterocycles. The number of hydrogen-bond acceptors (Lipinski definition) is 23. The number of allylic oxidation sites excluding steroid dienone is 12. The average Bonchev–Trinajstić information content (AvgIpc) is 0.789. The lowest BCUT2D eigenvalue weighted by Gasteiger charge is -2.36. The molecular formula is C124H194N4O19Si2. The molecule has 4 aliphatic rings.